The van der Waals surface area contributed by atoms with Crippen LogP contribution in [0.4, 0.5) is 0 Å². The number of amides is 1. The number of rotatable bonds is 6. The Kier molecular flexibility index (Phi) is 5.52. The number of carbonyl (C=O) groups is 2. The van der Waals surface area contributed by atoms with Gasteiger partial charge in [0.15, 0.2) is 5.76 Å². The summed E-state index contributed by atoms with van der Waals surface area (Å²) in [5.74, 6) is -0.270. The molecule has 0 aliphatic rings. The largest absolute Gasteiger partial charge is 0.467 e. The average Bonchev–Trinajstić information content (AvgIpc) is 2.80. The second kappa shape index (κ2) is 6.74. The summed E-state index contributed by atoms with van der Waals surface area (Å²) in [6.45, 7) is 9.15. The van der Waals surface area contributed by atoms with E-state index in [0.717, 1.165) is 6.42 Å². The molecular formula is C15H24N2O4. The summed E-state index contributed by atoms with van der Waals surface area (Å²) in [5, 5.41) is 6.62. The lowest BCUT2D eigenvalue weighted by Gasteiger charge is -2.27. The van der Waals surface area contributed by atoms with Gasteiger partial charge in [0.25, 0.3) is 5.91 Å². The summed E-state index contributed by atoms with van der Waals surface area (Å²) in [5.41, 5.74) is -0.144. The van der Waals surface area contributed by atoms with Crippen molar-refractivity contribution in [2.75, 3.05) is 7.11 Å². The summed E-state index contributed by atoms with van der Waals surface area (Å²) in [7, 11) is 1.31. The van der Waals surface area contributed by atoms with Crippen LogP contribution in [0.15, 0.2) is 4.52 Å². The number of aromatic nitrogens is 1. The summed E-state index contributed by atoms with van der Waals surface area (Å²) in [6.07, 6.45) is 1.23. The molecule has 1 atom stereocenters. The van der Waals surface area contributed by atoms with Crippen LogP contribution < -0.4 is 5.32 Å². The molecule has 1 aromatic rings. The first-order valence-electron chi connectivity index (χ1n) is 7.13. The molecule has 0 aliphatic heterocycles. The van der Waals surface area contributed by atoms with Crippen LogP contribution in [-0.4, -0.2) is 29.7 Å². The standard InChI is InChI=1S/C15H24N2O4/c1-7-8-15(5,14(19)20-6)16-13(18)11-10(4)17-21-12(11)9(2)3/h9H,7-8H2,1-6H3,(H,16,18). The van der Waals surface area contributed by atoms with E-state index in [1.807, 2.05) is 20.8 Å². The Bertz CT molecular complexity index is 522. The van der Waals surface area contributed by atoms with E-state index in [9.17, 15) is 9.59 Å². The number of nitrogens with zero attached hydrogens (tertiary/aromatic N) is 1. The van der Waals surface area contributed by atoms with E-state index in [2.05, 4.69) is 10.5 Å². The van der Waals surface area contributed by atoms with Crippen molar-refractivity contribution in [2.24, 2.45) is 0 Å². The quantitative estimate of drug-likeness (QED) is 0.816. The molecule has 0 bridgehead atoms. The molecule has 0 fully saturated rings. The number of carbonyl (C=O) groups excluding carboxylic acids is 2. The van der Waals surface area contributed by atoms with Crippen molar-refractivity contribution in [3.8, 4) is 0 Å². The minimum Gasteiger partial charge on any atom is -0.467 e. The Morgan fingerprint density at radius 2 is 2.05 bits per heavy atom. The Balaban J connectivity index is 3.08. The van der Waals surface area contributed by atoms with Gasteiger partial charge in [-0.1, -0.05) is 32.3 Å². The number of ether oxygens (including phenoxy) is 1. The molecule has 6 heteroatoms. The van der Waals surface area contributed by atoms with Crippen LogP contribution in [0.2, 0.25) is 0 Å². The molecule has 1 aromatic heterocycles. The zero-order valence-corrected chi connectivity index (χ0v) is 13.6. The second-order valence-electron chi connectivity index (χ2n) is 5.69. The van der Waals surface area contributed by atoms with Gasteiger partial charge < -0.3 is 14.6 Å². The Hall–Kier alpha value is -1.85. The molecule has 1 rings (SSSR count). The number of hydrogen-bond acceptors (Lipinski definition) is 5. The van der Waals surface area contributed by atoms with E-state index < -0.39 is 11.5 Å². The molecule has 0 aliphatic carbocycles. The molecule has 1 N–H and O–H groups in total. The van der Waals surface area contributed by atoms with Gasteiger partial charge in [0.2, 0.25) is 0 Å². The van der Waals surface area contributed by atoms with Crippen molar-refractivity contribution in [1.29, 1.82) is 0 Å². The Morgan fingerprint density at radius 3 is 2.52 bits per heavy atom. The SMILES string of the molecule is CCCC(C)(NC(=O)c1c(C)noc1C(C)C)C(=O)OC. The van der Waals surface area contributed by atoms with Crippen molar-refractivity contribution < 1.29 is 18.8 Å². The van der Waals surface area contributed by atoms with Crippen LogP contribution >= 0.6 is 0 Å². The van der Waals surface area contributed by atoms with E-state index in [4.69, 9.17) is 9.26 Å². The zero-order valence-electron chi connectivity index (χ0n) is 13.6. The molecule has 6 nitrogen and oxygen atoms in total. The fourth-order valence-electron chi connectivity index (χ4n) is 2.31. The summed E-state index contributed by atoms with van der Waals surface area (Å²) in [4.78, 5) is 24.5. The number of aryl methyl sites for hydroxylation is 1. The smallest absolute Gasteiger partial charge is 0.331 e. The number of nitrogens with one attached hydrogen (secondary N) is 1. The monoisotopic (exact) mass is 296 g/mol. The summed E-state index contributed by atoms with van der Waals surface area (Å²) < 4.78 is 10.0. The second-order valence-corrected chi connectivity index (χ2v) is 5.69. The molecule has 0 saturated carbocycles. The van der Waals surface area contributed by atoms with Gasteiger partial charge in [-0.15, -0.1) is 0 Å². The van der Waals surface area contributed by atoms with Gasteiger partial charge in [-0.2, -0.15) is 0 Å². The molecule has 1 amide bonds. The predicted molar refractivity (Wildman–Crippen MR) is 78.1 cm³/mol. The van der Waals surface area contributed by atoms with Gasteiger partial charge in [0, 0.05) is 5.92 Å². The molecule has 0 radical (unpaired) electrons. The third-order valence-corrected chi connectivity index (χ3v) is 3.42. The molecule has 0 aromatic carbocycles. The van der Waals surface area contributed by atoms with Crippen molar-refractivity contribution in [3.05, 3.63) is 17.0 Å². The lowest BCUT2D eigenvalue weighted by atomic mass is 9.95. The van der Waals surface area contributed by atoms with Crippen LogP contribution in [0.1, 0.15) is 68.3 Å². The van der Waals surface area contributed by atoms with Crippen molar-refractivity contribution in [3.63, 3.8) is 0 Å². The van der Waals surface area contributed by atoms with Crippen molar-refractivity contribution in [2.45, 2.75) is 58.9 Å². The Labute approximate surface area is 125 Å². The maximum Gasteiger partial charge on any atom is 0.331 e. The van der Waals surface area contributed by atoms with E-state index in [0.29, 0.717) is 23.4 Å². The van der Waals surface area contributed by atoms with Gasteiger partial charge in [0.1, 0.15) is 11.1 Å². The average molecular weight is 296 g/mol. The highest BCUT2D eigenvalue weighted by atomic mass is 16.5. The molecule has 21 heavy (non-hydrogen) atoms. The van der Waals surface area contributed by atoms with Crippen LogP contribution in [0, 0.1) is 6.92 Å². The molecular weight excluding hydrogens is 272 g/mol. The van der Waals surface area contributed by atoms with Gasteiger partial charge in [-0.05, 0) is 20.3 Å². The third-order valence-electron chi connectivity index (χ3n) is 3.42. The summed E-state index contributed by atoms with van der Waals surface area (Å²) >= 11 is 0. The van der Waals surface area contributed by atoms with Crippen molar-refractivity contribution >= 4 is 11.9 Å². The highest BCUT2D eigenvalue weighted by Gasteiger charge is 2.37. The number of esters is 1. The summed E-state index contributed by atoms with van der Waals surface area (Å²) in [6, 6.07) is 0. The molecule has 0 saturated heterocycles. The van der Waals surface area contributed by atoms with Crippen LogP contribution in [-0.2, 0) is 9.53 Å². The third kappa shape index (κ3) is 3.62. The predicted octanol–water partition coefficient (Wildman–Crippen LogP) is 2.57. The highest BCUT2D eigenvalue weighted by Crippen LogP contribution is 2.24. The topological polar surface area (TPSA) is 81.4 Å². The molecule has 0 spiro atoms. The fraction of sp³-hybridized carbons (Fsp3) is 0.667. The Morgan fingerprint density at radius 1 is 1.43 bits per heavy atom. The van der Waals surface area contributed by atoms with Gasteiger partial charge in [-0.3, -0.25) is 4.79 Å². The van der Waals surface area contributed by atoms with Crippen LogP contribution in [0.5, 0.6) is 0 Å². The first-order chi connectivity index (χ1) is 9.76. The number of hydrogen-bond donors (Lipinski definition) is 1. The van der Waals surface area contributed by atoms with Gasteiger partial charge >= 0.3 is 5.97 Å². The van der Waals surface area contributed by atoms with E-state index >= 15 is 0 Å². The van der Waals surface area contributed by atoms with E-state index in [1.165, 1.54) is 7.11 Å². The zero-order chi connectivity index (χ0) is 16.2. The molecule has 1 heterocycles. The van der Waals surface area contributed by atoms with Crippen LogP contribution in [0.25, 0.3) is 0 Å². The molecule has 118 valence electrons. The van der Waals surface area contributed by atoms with Crippen LogP contribution in [0.3, 0.4) is 0 Å². The maximum atomic E-state index is 12.5. The minimum absolute atomic E-state index is 0.0301. The lowest BCUT2D eigenvalue weighted by molar-refractivity contribution is -0.147. The van der Waals surface area contributed by atoms with E-state index in [1.54, 1.807) is 13.8 Å². The lowest BCUT2D eigenvalue weighted by Crippen LogP contribution is -2.52. The van der Waals surface area contributed by atoms with Gasteiger partial charge in [-0.25, -0.2) is 4.79 Å². The fourth-order valence-corrected chi connectivity index (χ4v) is 2.31. The van der Waals surface area contributed by atoms with E-state index in [-0.39, 0.29) is 11.8 Å². The molecule has 1 unspecified atom stereocenters. The first kappa shape index (κ1) is 17.2. The van der Waals surface area contributed by atoms with Crippen molar-refractivity contribution in [1.82, 2.24) is 10.5 Å². The minimum atomic E-state index is -1.06. The van der Waals surface area contributed by atoms with Gasteiger partial charge in [0.05, 0.1) is 12.8 Å². The number of methoxy groups -OCH3 is 1. The maximum absolute atomic E-state index is 12.5. The normalized spacial score (nSPS) is 13.9. The first-order valence-corrected chi connectivity index (χ1v) is 7.13. The highest BCUT2D eigenvalue weighted by molar-refractivity contribution is 5.99.